The lowest BCUT2D eigenvalue weighted by Crippen LogP contribution is -2.64. The number of benzene rings is 1. The second-order valence-corrected chi connectivity index (χ2v) is 8.38. The van der Waals surface area contributed by atoms with E-state index in [0.29, 0.717) is 5.92 Å². The highest BCUT2D eigenvalue weighted by molar-refractivity contribution is 5.55. The smallest absolute Gasteiger partial charge is 0.0954 e. The van der Waals surface area contributed by atoms with Crippen molar-refractivity contribution < 1.29 is 5.11 Å². The molecule has 4 atom stereocenters. The fourth-order valence-electron chi connectivity index (χ4n) is 5.91. The van der Waals surface area contributed by atoms with Crippen LogP contribution < -0.4 is 5.32 Å². The maximum atomic E-state index is 11.9. The number of rotatable bonds is 1. The number of anilines is 1. The molecule has 2 nitrogen and oxygen atoms in total. The maximum Gasteiger partial charge on any atom is 0.0954 e. The quantitative estimate of drug-likeness (QED) is 0.817. The fourth-order valence-corrected chi connectivity index (χ4v) is 5.91. The standard InChI is InChI=1S/C19H27NO/c1-17(2)14-10-11-18(3,12-14)19(17,21)16-9-8-13-6-4-5-7-15(13)20-16/h4-7,14,16,20-21H,8-12H2,1-3H3. The zero-order valence-electron chi connectivity index (χ0n) is 13.4. The van der Waals surface area contributed by atoms with E-state index < -0.39 is 5.60 Å². The monoisotopic (exact) mass is 285 g/mol. The average molecular weight is 285 g/mol. The van der Waals surface area contributed by atoms with E-state index in [1.54, 1.807) is 0 Å². The van der Waals surface area contributed by atoms with Gasteiger partial charge in [0.25, 0.3) is 0 Å². The number of hydrogen-bond acceptors (Lipinski definition) is 2. The van der Waals surface area contributed by atoms with Crippen LogP contribution in [0.2, 0.25) is 0 Å². The number of hydrogen-bond donors (Lipinski definition) is 2. The summed E-state index contributed by atoms with van der Waals surface area (Å²) in [5.41, 5.74) is 2.10. The first-order valence-corrected chi connectivity index (χ1v) is 8.45. The zero-order valence-corrected chi connectivity index (χ0v) is 13.4. The molecule has 2 N–H and O–H groups in total. The van der Waals surface area contributed by atoms with Crippen molar-refractivity contribution in [3.05, 3.63) is 29.8 Å². The summed E-state index contributed by atoms with van der Waals surface area (Å²) in [6.45, 7) is 6.92. The summed E-state index contributed by atoms with van der Waals surface area (Å²) >= 11 is 0. The van der Waals surface area contributed by atoms with Crippen molar-refractivity contribution >= 4 is 5.69 Å². The van der Waals surface area contributed by atoms with Crippen LogP contribution in [0.3, 0.4) is 0 Å². The Bertz CT molecular complexity index is 574. The van der Waals surface area contributed by atoms with Gasteiger partial charge < -0.3 is 10.4 Å². The summed E-state index contributed by atoms with van der Waals surface area (Å²) in [5, 5.41) is 15.6. The van der Waals surface area contributed by atoms with E-state index in [1.165, 1.54) is 30.5 Å². The summed E-state index contributed by atoms with van der Waals surface area (Å²) in [4.78, 5) is 0. The van der Waals surface area contributed by atoms with Crippen LogP contribution in [0.15, 0.2) is 24.3 Å². The molecule has 1 heterocycles. The van der Waals surface area contributed by atoms with Gasteiger partial charge >= 0.3 is 0 Å². The van der Waals surface area contributed by atoms with Gasteiger partial charge in [-0.05, 0) is 60.5 Å². The van der Waals surface area contributed by atoms with Crippen molar-refractivity contribution in [1.82, 2.24) is 0 Å². The van der Waals surface area contributed by atoms with E-state index in [0.717, 1.165) is 12.8 Å². The van der Waals surface area contributed by atoms with Crippen molar-refractivity contribution in [3.8, 4) is 0 Å². The van der Waals surface area contributed by atoms with Crippen LogP contribution in [-0.2, 0) is 6.42 Å². The van der Waals surface area contributed by atoms with Crippen LogP contribution in [0.4, 0.5) is 5.69 Å². The normalized spacial score (nSPS) is 43.4. The predicted molar refractivity (Wildman–Crippen MR) is 86.4 cm³/mol. The Balaban J connectivity index is 1.73. The highest BCUT2D eigenvalue weighted by Gasteiger charge is 2.70. The predicted octanol–water partition coefficient (Wildman–Crippen LogP) is 3.99. The van der Waals surface area contributed by atoms with Gasteiger partial charge in [0.15, 0.2) is 0 Å². The van der Waals surface area contributed by atoms with Gasteiger partial charge in [-0.1, -0.05) is 39.0 Å². The molecule has 1 aromatic carbocycles. The Morgan fingerprint density at radius 3 is 2.62 bits per heavy atom. The summed E-state index contributed by atoms with van der Waals surface area (Å²) in [6.07, 6.45) is 5.77. The van der Waals surface area contributed by atoms with E-state index >= 15 is 0 Å². The lowest BCUT2D eigenvalue weighted by Gasteiger charge is -2.56. The molecule has 21 heavy (non-hydrogen) atoms. The van der Waals surface area contributed by atoms with Gasteiger partial charge in [0, 0.05) is 5.69 Å². The van der Waals surface area contributed by atoms with Gasteiger partial charge in [-0.25, -0.2) is 0 Å². The molecular formula is C19H27NO. The lowest BCUT2D eigenvalue weighted by atomic mass is 9.56. The third kappa shape index (κ3) is 1.52. The van der Waals surface area contributed by atoms with E-state index in [-0.39, 0.29) is 16.9 Å². The molecule has 1 aromatic rings. The van der Waals surface area contributed by atoms with Gasteiger partial charge in [0.05, 0.1) is 11.6 Å². The fraction of sp³-hybridized carbons (Fsp3) is 0.684. The minimum atomic E-state index is -0.601. The lowest BCUT2D eigenvalue weighted by molar-refractivity contribution is -0.155. The van der Waals surface area contributed by atoms with Gasteiger partial charge in [-0.15, -0.1) is 0 Å². The van der Waals surface area contributed by atoms with E-state index in [9.17, 15) is 5.11 Å². The topological polar surface area (TPSA) is 32.3 Å². The second-order valence-electron chi connectivity index (χ2n) is 8.38. The van der Waals surface area contributed by atoms with E-state index in [1.807, 2.05) is 0 Å². The molecule has 0 amide bonds. The third-order valence-corrected chi connectivity index (χ3v) is 7.22. The summed E-state index contributed by atoms with van der Waals surface area (Å²) in [6, 6.07) is 8.74. The largest absolute Gasteiger partial charge is 0.387 e. The average Bonchev–Trinajstić information content (AvgIpc) is 2.95. The Kier molecular flexibility index (Phi) is 2.62. The maximum absolute atomic E-state index is 11.9. The van der Waals surface area contributed by atoms with Crippen LogP contribution >= 0.6 is 0 Å². The molecule has 1 aliphatic heterocycles. The van der Waals surface area contributed by atoms with Crippen LogP contribution in [0.1, 0.15) is 52.0 Å². The molecule has 114 valence electrons. The molecule has 2 aliphatic carbocycles. The molecular weight excluding hydrogens is 258 g/mol. The first-order chi connectivity index (χ1) is 9.88. The first kappa shape index (κ1) is 13.6. The van der Waals surface area contributed by atoms with Crippen molar-refractivity contribution in [2.75, 3.05) is 5.32 Å². The minimum absolute atomic E-state index is 0.00392. The summed E-state index contributed by atoms with van der Waals surface area (Å²) in [7, 11) is 0. The highest BCUT2D eigenvalue weighted by Crippen LogP contribution is 2.69. The van der Waals surface area contributed by atoms with Crippen molar-refractivity contribution in [2.24, 2.45) is 16.7 Å². The number of nitrogens with one attached hydrogen (secondary N) is 1. The molecule has 2 fully saturated rings. The molecule has 4 unspecified atom stereocenters. The van der Waals surface area contributed by atoms with E-state index in [4.69, 9.17) is 0 Å². The molecule has 4 rings (SSSR count). The van der Waals surface area contributed by atoms with E-state index in [2.05, 4.69) is 50.4 Å². The molecule has 2 saturated carbocycles. The van der Waals surface area contributed by atoms with Crippen molar-refractivity contribution in [2.45, 2.75) is 64.5 Å². The molecule has 0 spiro atoms. The number of para-hydroxylation sites is 1. The number of fused-ring (bicyclic) bond motifs is 3. The van der Waals surface area contributed by atoms with Crippen LogP contribution in [0, 0.1) is 16.7 Å². The second kappa shape index (κ2) is 4.04. The van der Waals surface area contributed by atoms with Gasteiger partial charge in [-0.2, -0.15) is 0 Å². The van der Waals surface area contributed by atoms with Crippen LogP contribution in [0.5, 0.6) is 0 Å². The Hall–Kier alpha value is -1.02. The Labute approximate surface area is 128 Å². The zero-order chi connectivity index (χ0) is 14.9. The Morgan fingerprint density at radius 1 is 1.14 bits per heavy atom. The first-order valence-electron chi connectivity index (χ1n) is 8.45. The third-order valence-electron chi connectivity index (χ3n) is 7.22. The van der Waals surface area contributed by atoms with Crippen LogP contribution in [-0.4, -0.2) is 16.7 Å². The van der Waals surface area contributed by atoms with Gasteiger partial charge in [0.1, 0.15) is 0 Å². The van der Waals surface area contributed by atoms with Crippen molar-refractivity contribution in [3.63, 3.8) is 0 Å². The van der Waals surface area contributed by atoms with Gasteiger partial charge in [-0.3, -0.25) is 0 Å². The Morgan fingerprint density at radius 2 is 1.90 bits per heavy atom. The molecule has 2 bridgehead atoms. The van der Waals surface area contributed by atoms with Crippen molar-refractivity contribution in [1.29, 1.82) is 0 Å². The molecule has 0 saturated heterocycles. The molecule has 0 radical (unpaired) electrons. The summed E-state index contributed by atoms with van der Waals surface area (Å²) in [5.74, 6) is 0.673. The number of aliphatic hydroxyl groups is 1. The summed E-state index contributed by atoms with van der Waals surface area (Å²) < 4.78 is 0. The highest BCUT2D eigenvalue weighted by atomic mass is 16.3. The number of aryl methyl sites for hydroxylation is 1. The molecule has 0 aromatic heterocycles. The minimum Gasteiger partial charge on any atom is -0.387 e. The van der Waals surface area contributed by atoms with Gasteiger partial charge in [0.2, 0.25) is 0 Å². The molecule has 2 heteroatoms. The molecule has 3 aliphatic rings. The van der Waals surface area contributed by atoms with Crippen LogP contribution in [0.25, 0.3) is 0 Å². The SMILES string of the molecule is CC12CCC(C1)C(C)(C)C2(O)C1CCc2ccccc2N1.